The van der Waals surface area contributed by atoms with Gasteiger partial charge in [0.25, 0.3) is 0 Å². The number of amides is 1. The van der Waals surface area contributed by atoms with E-state index in [1.54, 1.807) is 17.0 Å². The van der Waals surface area contributed by atoms with Crippen LogP contribution in [0.4, 0.5) is 11.5 Å². The smallest absolute Gasteiger partial charge is 0.242 e. The van der Waals surface area contributed by atoms with Gasteiger partial charge in [0.2, 0.25) is 11.8 Å². The van der Waals surface area contributed by atoms with Crippen molar-refractivity contribution in [2.75, 3.05) is 24.3 Å². The van der Waals surface area contributed by atoms with Gasteiger partial charge in [-0.15, -0.1) is 0 Å². The van der Waals surface area contributed by atoms with Crippen LogP contribution < -0.4 is 21.1 Å². The van der Waals surface area contributed by atoms with Gasteiger partial charge in [-0.3, -0.25) is 4.79 Å². The number of nitrogen functional groups attached to an aromatic ring is 1. The molecule has 0 aromatic carbocycles. The Labute approximate surface area is 104 Å². The number of aromatic nitrogens is 1. The standard InChI is InChI=1S/C11H16N4O3/c1-18-11-6(12)2-3-8(14-11)15-5-4-7(16)9(15)10(13)17/h2-3,7,9,16H,4-5,12H2,1H3,(H2,13,17). The van der Waals surface area contributed by atoms with Gasteiger partial charge in [-0.25, -0.2) is 0 Å². The van der Waals surface area contributed by atoms with Crippen molar-refractivity contribution < 1.29 is 14.6 Å². The summed E-state index contributed by atoms with van der Waals surface area (Å²) in [7, 11) is 1.47. The summed E-state index contributed by atoms with van der Waals surface area (Å²) in [4.78, 5) is 17.2. The second-order valence-electron chi connectivity index (χ2n) is 4.16. The third-order valence-electron chi connectivity index (χ3n) is 3.02. The molecule has 2 atom stereocenters. The molecule has 2 unspecified atom stereocenters. The molecule has 1 aromatic rings. The van der Waals surface area contributed by atoms with Crippen LogP contribution in [0.3, 0.4) is 0 Å². The largest absolute Gasteiger partial charge is 0.479 e. The first-order valence-electron chi connectivity index (χ1n) is 5.59. The minimum Gasteiger partial charge on any atom is -0.479 e. The van der Waals surface area contributed by atoms with Gasteiger partial charge in [-0.2, -0.15) is 4.98 Å². The number of hydrogen-bond acceptors (Lipinski definition) is 6. The summed E-state index contributed by atoms with van der Waals surface area (Å²) in [6.07, 6.45) is -0.296. The number of anilines is 2. The number of primary amides is 1. The number of carbonyl (C=O) groups excluding carboxylic acids is 1. The zero-order valence-electron chi connectivity index (χ0n) is 10.0. The van der Waals surface area contributed by atoms with E-state index in [1.807, 2.05) is 0 Å². The third kappa shape index (κ3) is 2.04. The summed E-state index contributed by atoms with van der Waals surface area (Å²) in [5.74, 6) is 0.233. The Morgan fingerprint density at radius 2 is 2.33 bits per heavy atom. The lowest BCUT2D eigenvalue weighted by Gasteiger charge is -2.24. The van der Waals surface area contributed by atoms with Crippen molar-refractivity contribution >= 4 is 17.4 Å². The van der Waals surface area contributed by atoms with E-state index in [2.05, 4.69) is 4.98 Å². The molecule has 7 heteroatoms. The molecule has 0 saturated carbocycles. The maximum Gasteiger partial charge on any atom is 0.242 e. The molecule has 0 radical (unpaired) electrons. The van der Waals surface area contributed by atoms with Crippen molar-refractivity contribution in [1.29, 1.82) is 0 Å². The van der Waals surface area contributed by atoms with E-state index in [1.165, 1.54) is 7.11 Å². The molecule has 1 fully saturated rings. The number of aliphatic hydroxyl groups is 1. The van der Waals surface area contributed by atoms with E-state index in [-0.39, 0.29) is 5.88 Å². The maximum absolute atomic E-state index is 11.4. The van der Waals surface area contributed by atoms with Crippen LogP contribution >= 0.6 is 0 Å². The van der Waals surface area contributed by atoms with Crippen LogP contribution in [0.5, 0.6) is 5.88 Å². The summed E-state index contributed by atoms with van der Waals surface area (Å²) < 4.78 is 5.03. The Hall–Kier alpha value is -2.02. The van der Waals surface area contributed by atoms with E-state index >= 15 is 0 Å². The van der Waals surface area contributed by atoms with Crippen LogP contribution in [0.2, 0.25) is 0 Å². The molecule has 1 aromatic heterocycles. The minimum absolute atomic E-state index is 0.289. The van der Waals surface area contributed by atoms with Gasteiger partial charge < -0.3 is 26.2 Å². The number of hydrogen-bond donors (Lipinski definition) is 3. The topological polar surface area (TPSA) is 115 Å². The van der Waals surface area contributed by atoms with E-state index in [0.29, 0.717) is 24.5 Å². The van der Waals surface area contributed by atoms with E-state index in [9.17, 15) is 9.90 Å². The fourth-order valence-electron chi connectivity index (χ4n) is 2.14. The van der Waals surface area contributed by atoms with Crippen LogP contribution in [-0.4, -0.2) is 41.8 Å². The lowest BCUT2D eigenvalue weighted by atomic mass is 10.1. The van der Waals surface area contributed by atoms with E-state index in [4.69, 9.17) is 16.2 Å². The quantitative estimate of drug-likeness (QED) is 0.642. The Bertz CT molecular complexity index is 466. The van der Waals surface area contributed by atoms with Crippen LogP contribution in [0.25, 0.3) is 0 Å². The molecule has 1 saturated heterocycles. The van der Waals surface area contributed by atoms with Crippen molar-refractivity contribution in [2.24, 2.45) is 5.73 Å². The molecule has 0 aliphatic carbocycles. The molecular weight excluding hydrogens is 236 g/mol. The zero-order valence-corrected chi connectivity index (χ0v) is 10.0. The Balaban J connectivity index is 2.33. The summed E-state index contributed by atoms with van der Waals surface area (Å²) in [5, 5.41) is 9.75. The van der Waals surface area contributed by atoms with Gasteiger partial charge in [0.05, 0.1) is 18.9 Å². The molecule has 98 valence electrons. The first-order chi connectivity index (χ1) is 8.54. The number of nitrogens with zero attached hydrogens (tertiary/aromatic N) is 2. The fraction of sp³-hybridized carbons (Fsp3) is 0.455. The predicted molar refractivity (Wildman–Crippen MR) is 66.2 cm³/mol. The van der Waals surface area contributed by atoms with Crippen molar-refractivity contribution in [2.45, 2.75) is 18.6 Å². The van der Waals surface area contributed by atoms with Gasteiger partial charge in [0, 0.05) is 6.54 Å². The molecular formula is C11H16N4O3. The van der Waals surface area contributed by atoms with Gasteiger partial charge in [-0.05, 0) is 18.6 Å². The number of pyridine rings is 1. The first kappa shape index (κ1) is 12.4. The normalized spacial score (nSPS) is 23.1. The minimum atomic E-state index is -0.771. The first-order valence-corrected chi connectivity index (χ1v) is 5.59. The summed E-state index contributed by atoms with van der Waals surface area (Å²) in [6, 6.07) is 2.56. The summed E-state index contributed by atoms with van der Waals surface area (Å²) >= 11 is 0. The number of rotatable bonds is 3. The van der Waals surface area contributed by atoms with E-state index in [0.717, 1.165) is 0 Å². The monoisotopic (exact) mass is 252 g/mol. The fourth-order valence-corrected chi connectivity index (χ4v) is 2.14. The third-order valence-corrected chi connectivity index (χ3v) is 3.02. The van der Waals surface area contributed by atoms with Crippen molar-refractivity contribution in [3.8, 4) is 5.88 Å². The van der Waals surface area contributed by atoms with Crippen LogP contribution in [-0.2, 0) is 4.79 Å². The SMILES string of the molecule is COc1nc(N2CCC(O)C2C(N)=O)ccc1N. The highest BCUT2D eigenvalue weighted by Crippen LogP contribution is 2.28. The highest BCUT2D eigenvalue weighted by atomic mass is 16.5. The van der Waals surface area contributed by atoms with Crippen LogP contribution in [0.15, 0.2) is 12.1 Å². The maximum atomic E-state index is 11.4. The molecule has 18 heavy (non-hydrogen) atoms. The summed E-state index contributed by atoms with van der Waals surface area (Å²) in [5.41, 5.74) is 11.4. The van der Waals surface area contributed by atoms with Crippen LogP contribution in [0, 0.1) is 0 Å². The Morgan fingerprint density at radius 1 is 1.61 bits per heavy atom. The number of nitrogens with two attached hydrogens (primary N) is 2. The molecule has 5 N–H and O–H groups in total. The lowest BCUT2D eigenvalue weighted by Crippen LogP contribution is -2.46. The second-order valence-corrected chi connectivity index (χ2v) is 4.16. The van der Waals surface area contributed by atoms with Gasteiger partial charge in [-0.1, -0.05) is 0 Å². The summed E-state index contributed by atoms with van der Waals surface area (Å²) in [6.45, 7) is 0.509. The second kappa shape index (κ2) is 4.69. The average Bonchev–Trinajstić information content (AvgIpc) is 2.72. The van der Waals surface area contributed by atoms with Gasteiger partial charge in [0.1, 0.15) is 11.9 Å². The van der Waals surface area contributed by atoms with Crippen molar-refractivity contribution in [3.05, 3.63) is 12.1 Å². The number of aliphatic hydroxyl groups excluding tert-OH is 1. The van der Waals surface area contributed by atoms with Crippen molar-refractivity contribution in [1.82, 2.24) is 4.98 Å². The highest BCUT2D eigenvalue weighted by molar-refractivity contribution is 5.85. The molecule has 7 nitrogen and oxygen atoms in total. The van der Waals surface area contributed by atoms with Crippen LogP contribution in [0.1, 0.15) is 6.42 Å². The molecule has 1 amide bonds. The lowest BCUT2D eigenvalue weighted by molar-refractivity contribution is -0.120. The average molecular weight is 252 g/mol. The molecule has 0 spiro atoms. The van der Waals surface area contributed by atoms with Gasteiger partial charge in [0.15, 0.2) is 0 Å². The Kier molecular flexibility index (Phi) is 3.24. The molecule has 1 aliphatic heterocycles. The van der Waals surface area contributed by atoms with Gasteiger partial charge >= 0.3 is 0 Å². The number of ether oxygens (including phenoxy) is 1. The number of carbonyl (C=O) groups is 1. The van der Waals surface area contributed by atoms with E-state index < -0.39 is 18.1 Å². The van der Waals surface area contributed by atoms with Crippen molar-refractivity contribution in [3.63, 3.8) is 0 Å². The highest BCUT2D eigenvalue weighted by Gasteiger charge is 2.37. The molecule has 1 aliphatic rings. The molecule has 2 heterocycles. The Morgan fingerprint density at radius 3 is 2.94 bits per heavy atom. The zero-order chi connectivity index (χ0) is 13.3. The molecule has 2 rings (SSSR count). The number of methoxy groups -OCH3 is 1. The predicted octanol–water partition coefficient (Wildman–Crippen LogP) is -0.903. The molecule has 0 bridgehead atoms.